The number of nitrogens with one attached hydrogen (secondary N) is 1. The molecule has 0 aromatic heterocycles. The van der Waals surface area contributed by atoms with Gasteiger partial charge in [0.25, 0.3) is 0 Å². The van der Waals surface area contributed by atoms with Crippen molar-refractivity contribution < 1.29 is 14.6 Å². The summed E-state index contributed by atoms with van der Waals surface area (Å²) in [6.45, 7) is 9.26. The lowest BCUT2D eigenvalue weighted by molar-refractivity contribution is -0.127. The molecule has 4 heteroatoms. The van der Waals surface area contributed by atoms with Crippen LogP contribution in [-0.4, -0.2) is 30.3 Å². The topological polar surface area (TPSA) is 58.6 Å². The Bertz CT molecular complexity index is 557. The first-order valence-electron chi connectivity index (χ1n) is 9.41. The third kappa shape index (κ3) is 6.35. The molecule has 2 N–H and O–H groups in total. The minimum Gasteiger partial charge on any atom is -0.491 e. The standard InChI is InChI=1S/C21H33NO3/c1-15-6-5-7-19(12-15)25-14-18(23)13-22-20(24)16-8-10-17(11-9-16)21(2,3)4/h5-7,12,16-18,23H,8-11,13-14H2,1-4H3,(H,22,24). The SMILES string of the molecule is Cc1cccc(OCC(O)CNC(=O)C2CCC(C(C)(C)C)CC2)c1. The van der Waals surface area contributed by atoms with Gasteiger partial charge in [-0.15, -0.1) is 0 Å². The van der Waals surface area contributed by atoms with E-state index in [1.165, 1.54) is 0 Å². The fourth-order valence-electron chi connectivity index (χ4n) is 3.54. The van der Waals surface area contributed by atoms with Gasteiger partial charge in [0.1, 0.15) is 18.5 Å². The average molecular weight is 347 g/mol. The molecule has 1 fully saturated rings. The van der Waals surface area contributed by atoms with Gasteiger partial charge < -0.3 is 15.2 Å². The molecule has 1 amide bonds. The first-order chi connectivity index (χ1) is 11.8. The highest BCUT2D eigenvalue weighted by atomic mass is 16.5. The molecule has 0 bridgehead atoms. The number of carbonyl (C=O) groups excluding carboxylic acids is 1. The first-order valence-corrected chi connectivity index (χ1v) is 9.41. The van der Waals surface area contributed by atoms with Crippen LogP contribution in [0.3, 0.4) is 0 Å². The van der Waals surface area contributed by atoms with Crippen LogP contribution in [0.4, 0.5) is 0 Å². The Morgan fingerprint density at radius 2 is 1.96 bits per heavy atom. The second-order valence-electron chi connectivity index (χ2n) is 8.44. The van der Waals surface area contributed by atoms with Crippen LogP contribution in [0.1, 0.15) is 52.0 Å². The summed E-state index contributed by atoms with van der Waals surface area (Å²) in [4.78, 5) is 12.3. The Labute approximate surface area is 152 Å². The van der Waals surface area contributed by atoms with Crippen molar-refractivity contribution in [1.82, 2.24) is 5.32 Å². The Kier molecular flexibility index (Phi) is 6.88. The maximum Gasteiger partial charge on any atom is 0.223 e. The fraction of sp³-hybridized carbons (Fsp3) is 0.667. The lowest BCUT2D eigenvalue weighted by Gasteiger charge is -2.36. The number of rotatable bonds is 6. The lowest BCUT2D eigenvalue weighted by Crippen LogP contribution is -2.40. The maximum atomic E-state index is 12.3. The Hall–Kier alpha value is -1.55. The summed E-state index contributed by atoms with van der Waals surface area (Å²) in [6.07, 6.45) is 3.42. The minimum absolute atomic E-state index is 0.0713. The average Bonchev–Trinajstić information content (AvgIpc) is 2.57. The van der Waals surface area contributed by atoms with E-state index in [-0.39, 0.29) is 25.0 Å². The number of ether oxygens (including phenoxy) is 1. The van der Waals surface area contributed by atoms with Crippen molar-refractivity contribution in [3.8, 4) is 5.75 Å². The monoisotopic (exact) mass is 347 g/mol. The summed E-state index contributed by atoms with van der Waals surface area (Å²) in [5, 5.41) is 12.9. The van der Waals surface area contributed by atoms with E-state index in [0.29, 0.717) is 11.3 Å². The molecule has 4 nitrogen and oxygen atoms in total. The van der Waals surface area contributed by atoms with Crippen molar-refractivity contribution in [2.45, 2.75) is 59.5 Å². The molecule has 2 rings (SSSR count). The predicted molar refractivity (Wildman–Crippen MR) is 101 cm³/mol. The van der Waals surface area contributed by atoms with Crippen LogP contribution in [0, 0.1) is 24.2 Å². The molecule has 1 aromatic rings. The third-order valence-corrected chi connectivity index (χ3v) is 5.27. The van der Waals surface area contributed by atoms with Crippen LogP contribution >= 0.6 is 0 Å². The number of carbonyl (C=O) groups is 1. The highest BCUT2D eigenvalue weighted by molar-refractivity contribution is 5.78. The molecule has 0 spiro atoms. The number of hydrogen-bond acceptors (Lipinski definition) is 3. The molecular formula is C21H33NO3. The van der Waals surface area contributed by atoms with Crippen LogP contribution in [0.25, 0.3) is 0 Å². The van der Waals surface area contributed by atoms with Crippen molar-refractivity contribution in [1.29, 1.82) is 0 Å². The molecule has 1 aliphatic rings. The summed E-state index contributed by atoms with van der Waals surface area (Å²) in [5.41, 5.74) is 1.44. The summed E-state index contributed by atoms with van der Waals surface area (Å²) >= 11 is 0. The number of amides is 1. The second kappa shape index (κ2) is 8.70. The Morgan fingerprint density at radius 3 is 2.56 bits per heavy atom. The zero-order chi connectivity index (χ0) is 18.4. The van der Waals surface area contributed by atoms with Gasteiger partial charge in [-0.1, -0.05) is 32.9 Å². The van der Waals surface area contributed by atoms with Crippen LogP contribution in [0.2, 0.25) is 0 Å². The summed E-state index contributed by atoms with van der Waals surface area (Å²) in [5.74, 6) is 1.60. The molecule has 0 saturated heterocycles. The highest BCUT2D eigenvalue weighted by Crippen LogP contribution is 2.39. The second-order valence-corrected chi connectivity index (χ2v) is 8.44. The zero-order valence-electron chi connectivity index (χ0n) is 16.0. The van der Waals surface area contributed by atoms with Gasteiger partial charge in [0.15, 0.2) is 0 Å². The van der Waals surface area contributed by atoms with E-state index in [1.54, 1.807) is 0 Å². The molecule has 1 aromatic carbocycles. The molecule has 1 saturated carbocycles. The third-order valence-electron chi connectivity index (χ3n) is 5.27. The van der Waals surface area contributed by atoms with Gasteiger partial charge in [0.05, 0.1) is 0 Å². The van der Waals surface area contributed by atoms with Crippen molar-refractivity contribution >= 4 is 5.91 Å². The van der Waals surface area contributed by atoms with E-state index in [9.17, 15) is 9.90 Å². The van der Waals surface area contributed by atoms with Gasteiger partial charge in [-0.3, -0.25) is 4.79 Å². The quantitative estimate of drug-likeness (QED) is 0.825. The van der Waals surface area contributed by atoms with Crippen molar-refractivity contribution in [3.05, 3.63) is 29.8 Å². The van der Waals surface area contributed by atoms with E-state index >= 15 is 0 Å². The normalized spacial score (nSPS) is 22.3. The number of aliphatic hydroxyl groups is 1. The summed E-state index contributed by atoms with van der Waals surface area (Å²) in [6, 6.07) is 7.72. The van der Waals surface area contributed by atoms with E-state index in [2.05, 4.69) is 26.1 Å². The van der Waals surface area contributed by atoms with Crippen molar-refractivity contribution in [2.75, 3.05) is 13.2 Å². The van der Waals surface area contributed by atoms with Gasteiger partial charge in [-0.05, 0) is 61.6 Å². The largest absolute Gasteiger partial charge is 0.491 e. The number of aryl methyl sites for hydroxylation is 1. The summed E-state index contributed by atoms with van der Waals surface area (Å²) in [7, 11) is 0. The summed E-state index contributed by atoms with van der Waals surface area (Å²) < 4.78 is 5.58. The van der Waals surface area contributed by atoms with E-state index < -0.39 is 6.10 Å². The van der Waals surface area contributed by atoms with Crippen LogP contribution in [0.15, 0.2) is 24.3 Å². The Morgan fingerprint density at radius 1 is 1.28 bits per heavy atom. The van der Waals surface area contributed by atoms with Gasteiger partial charge in [-0.25, -0.2) is 0 Å². The molecule has 1 aliphatic carbocycles. The lowest BCUT2D eigenvalue weighted by atomic mass is 9.69. The molecule has 0 aliphatic heterocycles. The smallest absolute Gasteiger partial charge is 0.223 e. The van der Waals surface area contributed by atoms with Gasteiger partial charge in [-0.2, -0.15) is 0 Å². The molecular weight excluding hydrogens is 314 g/mol. The van der Waals surface area contributed by atoms with Crippen LogP contribution in [0.5, 0.6) is 5.75 Å². The predicted octanol–water partition coefficient (Wildman–Crippen LogP) is 3.70. The number of benzene rings is 1. The van der Waals surface area contributed by atoms with E-state index in [1.807, 2.05) is 31.2 Å². The highest BCUT2D eigenvalue weighted by Gasteiger charge is 2.32. The van der Waals surface area contributed by atoms with Crippen molar-refractivity contribution in [3.63, 3.8) is 0 Å². The van der Waals surface area contributed by atoms with Crippen LogP contribution in [-0.2, 0) is 4.79 Å². The number of aliphatic hydroxyl groups excluding tert-OH is 1. The first kappa shape index (κ1) is 19.8. The van der Waals surface area contributed by atoms with Gasteiger partial charge >= 0.3 is 0 Å². The molecule has 0 radical (unpaired) electrons. The molecule has 0 heterocycles. The van der Waals surface area contributed by atoms with Gasteiger partial charge in [0.2, 0.25) is 5.91 Å². The molecule has 1 atom stereocenters. The minimum atomic E-state index is -0.699. The molecule has 25 heavy (non-hydrogen) atoms. The van der Waals surface area contributed by atoms with E-state index in [0.717, 1.165) is 37.0 Å². The van der Waals surface area contributed by atoms with Crippen molar-refractivity contribution in [2.24, 2.45) is 17.3 Å². The van der Waals surface area contributed by atoms with Crippen LogP contribution < -0.4 is 10.1 Å². The molecule has 1 unspecified atom stereocenters. The zero-order valence-corrected chi connectivity index (χ0v) is 16.0. The fourth-order valence-corrected chi connectivity index (χ4v) is 3.54. The van der Waals surface area contributed by atoms with E-state index in [4.69, 9.17) is 4.74 Å². The molecule has 140 valence electrons. The number of hydrogen-bond donors (Lipinski definition) is 2. The maximum absolute atomic E-state index is 12.3. The Balaban J connectivity index is 1.68. The van der Waals surface area contributed by atoms with Gasteiger partial charge in [0, 0.05) is 12.5 Å².